The van der Waals surface area contributed by atoms with Gasteiger partial charge >= 0.3 is 5.97 Å². The van der Waals surface area contributed by atoms with Gasteiger partial charge in [-0.25, -0.2) is 4.79 Å². The highest BCUT2D eigenvalue weighted by Gasteiger charge is 2.18. The first-order chi connectivity index (χ1) is 10.6. The molecule has 3 rings (SSSR count). The minimum Gasteiger partial charge on any atom is -0.478 e. The maximum atomic E-state index is 11.2. The number of hydrogen-bond donors (Lipinski definition) is 2. The number of allylic oxidation sites excluding steroid dienone is 1. The molecule has 0 aromatic heterocycles. The number of carbonyl (C=O) groups is 1. The van der Waals surface area contributed by atoms with Gasteiger partial charge in [0, 0.05) is 17.6 Å². The molecule has 110 valence electrons. The van der Waals surface area contributed by atoms with Gasteiger partial charge in [-0.2, -0.15) is 0 Å². The number of aliphatic carboxylic acids is 1. The third-order valence-corrected chi connectivity index (χ3v) is 3.68. The zero-order valence-electron chi connectivity index (χ0n) is 11.9. The van der Waals surface area contributed by atoms with Crippen LogP contribution in [0.4, 0.5) is 5.69 Å². The lowest BCUT2D eigenvalue weighted by Crippen LogP contribution is -2.28. The second-order valence-electron chi connectivity index (χ2n) is 5.10. The summed E-state index contributed by atoms with van der Waals surface area (Å²) in [5, 5.41) is 9.17. The summed E-state index contributed by atoms with van der Waals surface area (Å²) in [4.78, 5) is 13.1. The largest absolute Gasteiger partial charge is 0.478 e. The Morgan fingerprint density at radius 3 is 2.27 bits per heavy atom. The highest BCUT2D eigenvalue weighted by Crippen LogP contribution is 2.25. The van der Waals surface area contributed by atoms with E-state index in [0.717, 1.165) is 16.8 Å². The van der Waals surface area contributed by atoms with Crippen LogP contribution >= 0.6 is 0 Å². The molecule has 0 amide bonds. The van der Waals surface area contributed by atoms with Crippen molar-refractivity contribution in [3.63, 3.8) is 0 Å². The Kier molecular flexibility index (Phi) is 3.66. The van der Waals surface area contributed by atoms with Crippen LogP contribution in [0.3, 0.4) is 0 Å². The number of benzene rings is 2. The second-order valence-corrected chi connectivity index (χ2v) is 5.10. The summed E-state index contributed by atoms with van der Waals surface area (Å²) < 4.78 is 0. The average molecular weight is 292 g/mol. The van der Waals surface area contributed by atoms with Gasteiger partial charge in [0.25, 0.3) is 0 Å². The molecule has 4 heteroatoms. The van der Waals surface area contributed by atoms with Crippen molar-refractivity contribution >= 4 is 11.7 Å². The lowest BCUT2D eigenvalue weighted by molar-refractivity contribution is -0.132. The molecule has 0 bridgehead atoms. The van der Waals surface area contributed by atoms with Crippen molar-refractivity contribution in [2.75, 3.05) is 11.4 Å². The molecule has 0 saturated carbocycles. The van der Waals surface area contributed by atoms with E-state index in [1.807, 2.05) is 47.4 Å². The van der Waals surface area contributed by atoms with Crippen LogP contribution in [0.15, 0.2) is 78.1 Å². The summed E-state index contributed by atoms with van der Waals surface area (Å²) in [5.41, 5.74) is 9.44. The van der Waals surface area contributed by atoms with E-state index in [9.17, 15) is 4.79 Å². The fourth-order valence-corrected chi connectivity index (χ4v) is 2.43. The molecule has 3 N–H and O–H groups in total. The fourth-order valence-electron chi connectivity index (χ4n) is 2.43. The van der Waals surface area contributed by atoms with Crippen molar-refractivity contribution < 1.29 is 9.90 Å². The summed E-state index contributed by atoms with van der Waals surface area (Å²) >= 11 is 0. The Balaban J connectivity index is 1.83. The number of hydrogen-bond acceptors (Lipinski definition) is 3. The van der Waals surface area contributed by atoms with Crippen molar-refractivity contribution in [1.82, 2.24) is 0 Å². The Bertz CT molecular complexity index is 746. The predicted octanol–water partition coefficient (Wildman–Crippen LogP) is 2.98. The number of carboxylic acid groups (broad SMARTS) is 1. The first-order valence-corrected chi connectivity index (χ1v) is 6.97. The molecule has 22 heavy (non-hydrogen) atoms. The Labute approximate surface area is 128 Å². The van der Waals surface area contributed by atoms with Crippen LogP contribution in [0.1, 0.15) is 0 Å². The van der Waals surface area contributed by atoms with Gasteiger partial charge in [-0.15, -0.1) is 0 Å². The number of rotatable bonds is 3. The maximum absolute atomic E-state index is 11.2. The van der Waals surface area contributed by atoms with Gasteiger partial charge in [0.1, 0.15) is 0 Å². The quantitative estimate of drug-likeness (QED) is 0.912. The molecule has 0 radical (unpaired) electrons. The van der Waals surface area contributed by atoms with E-state index in [0.29, 0.717) is 5.70 Å². The summed E-state index contributed by atoms with van der Waals surface area (Å²) in [6.07, 6.45) is 3.43. The predicted molar refractivity (Wildman–Crippen MR) is 87.2 cm³/mol. The Morgan fingerprint density at radius 2 is 1.64 bits per heavy atom. The van der Waals surface area contributed by atoms with Gasteiger partial charge in [-0.05, 0) is 29.3 Å². The number of nitrogens with zero attached hydrogens (tertiary/aromatic N) is 1. The first-order valence-electron chi connectivity index (χ1n) is 6.97. The molecule has 0 aliphatic carbocycles. The van der Waals surface area contributed by atoms with Crippen molar-refractivity contribution in [1.29, 1.82) is 0 Å². The van der Waals surface area contributed by atoms with Gasteiger partial charge in [0.2, 0.25) is 0 Å². The number of anilines is 1. The molecule has 2 aromatic rings. The first kappa shape index (κ1) is 13.9. The molecule has 1 aliphatic heterocycles. The third kappa shape index (κ3) is 2.72. The van der Waals surface area contributed by atoms with Crippen LogP contribution in [-0.4, -0.2) is 17.6 Å². The van der Waals surface area contributed by atoms with E-state index in [2.05, 4.69) is 12.1 Å². The van der Waals surface area contributed by atoms with Crippen LogP contribution < -0.4 is 10.6 Å². The normalized spacial score (nSPS) is 14.3. The monoisotopic (exact) mass is 292 g/mol. The SMILES string of the molecule is NC1=C(C(=O)O)CN(c2ccc(-c3ccccc3)cc2)C=C1. The van der Waals surface area contributed by atoms with Gasteiger partial charge in [0.05, 0.1) is 12.1 Å². The molecule has 0 spiro atoms. The van der Waals surface area contributed by atoms with Crippen LogP contribution in [-0.2, 0) is 4.79 Å². The van der Waals surface area contributed by atoms with E-state index in [-0.39, 0.29) is 12.1 Å². The smallest absolute Gasteiger partial charge is 0.335 e. The highest BCUT2D eigenvalue weighted by molar-refractivity contribution is 5.90. The van der Waals surface area contributed by atoms with Gasteiger partial charge in [0.15, 0.2) is 0 Å². The van der Waals surface area contributed by atoms with E-state index in [1.165, 1.54) is 0 Å². The molecule has 0 fully saturated rings. The van der Waals surface area contributed by atoms with E-state index in [4.69, 9.17) is 10.8 Å². The number of nitrogens with two attached hydrogens (primary N) is 1. The lowest BCUT2D eigenvalue weighted by Gasteiger charge is -2.25. The van der Waals surface area contributed by atoms with Gasteiger partial charge in [-0.1, -0.05) is 42.5 Å². The molecule has 2 aromatic carbocycles. The van der Waals surface area contributed by atoms with E-state index in [1.54, 1.807) is 12.3 Å². The summed E-state index contributed by atoms with van der Waals surface area (Å²) in [7, 11) is 0. The van der Waals surface area contributed by atoms with Crippen LogP contribution in [0, 0.1) is 0 Å². The van der Waals surface area contributed by atoms with Crippen LogP contribution in [0.2, 0.25) is 0 Å². The highest BCUT2D eigenvalue weighted by atomic mass is 16.4. The molecule has 1 aliphatic rings. The van der Waals surface area contributed by atoms with Crippen molar-refractivity contribution in [2.45, 2.75) is 0 Å². The standard InChI is InChI=1S/C18H16N2O2/c19-17-10-11-20(12-16(17)18(21)22)15-8-6-14(7-9-15)13-4-2-1-3-5-13/h1-11H,12,19H2,(H,21,22). The van der Waals surface area contributed by atoms with Crippen molar-refractivity contribution in [3.05, 3.63) is 78.1 Å². The van der Waals surface area contributed by atoms with Crippen LogP contribution in [0.5, 0.6) is 0 Å². The summed E-state index contributed by atoms with van der Waals surface area (Å²) in [6, 6.07) is 18.1. The van der Waals surface area contributed by atoms with E-state index < -0.39 is 5.97 Å². The Morgan fingerprint density at radius 1 is 1.00 bits per heavy atom. The van der Waals surface area contributed by atoms with Crippen LogP contribution in [0.25, 0.3) is 11.1 Å². The minimum atomic E-state index is -0.979. The number of carboxylic acids is 1. The zero-order valence-corrected chi connectivity index (χ0v) is 11.9. The molecular formula is C18H16N2O2. The second kappa shape index (κ2) is 5.77. The van der Waals surface area contributed by atoms with Gasteiger partial charge in [-0.3, -0.25) is 0 Å². The van der Waals surface area contributed by atoms with E-state index >= 15 is 0 Å². The van der Waals surface area contributed by atoms with Gasteiger partial charge < -0.3 is 15.7 Å². The molecule has 0 atom stereocenters. The average Bonchev–Trinajstić information content (AvgIpc) is 2.56. The van der Waals surface area contributed by atoms with Crippen molar-refractivity contribution in [3.8, 4) is 11.1 Å². The third-order valence-electron chi connectivity index (χ3n) is 3.68. The summed E-state index contributed by atoms with van der Waals surface area (Å²) in [5.74, 6) is -0.979. The Hall–Kier alpha value is -3.01. The van der Waals surface area contributed by atoms with Crippen molar-refractivity contribution in [2.24, 2.45) is 5.73 Å². The lowest BCUT2D eigenvalue weighted by atomic mass is 10.0. The topological polar surface area (TPSA) is 66.6 Å². The molecule has 4 nitrogen and oxygen atoms in total. The fraction of sp³-hybridized carbons (Fsp3) is 0.0556. The maximum Gasteiger partial charge on any atom is 0.335 e. The minimum absolute atomic E-state index is 0.217. The summed E-state index contributed by atoms with van der Waals surface area (Å²) in [6.45, 7) is 0.266. The molecule has 1 heterocycles. The molecule has 0 unspecified atom stereocenters. The molecule has 0 saturated heterocycles. The zero-order chi connectivity index (χ0) is 15.5. The molecular weight excluding hydrogens is 276 g/mol.